The highest BCUT2D eigenvalue weighted by atomic mass is 35.5. The molecule has 7 heteroatoms. The number of aromatic nitrogens is 4. The molecule has 3 aromatic heterocycles. The maximum Gasteiger partial charge on any atom is 0.266 e. The Balaban J connectivity index is 1.78. The van der Waals surface area contributed by atoms with Crippen LogP contribution in [0.3, 0.4) is 0 Å². The minimum absolute atomic E-state index is 0.292. The lowest BCUT2D eigenvalue weighted by atomic mass is 10.1. The zero-order valence-corrected chi connectivity index (χ0v) is 16.1. The van der Waals surface area contributed by atoms with E-state index in [0.717, 1.165) is 16.8 Å². The fourth-order valence-corrected chi connectivity index (χ4v) is 3.78. The summed E-state index contributed by atoms with van der Waals surface area (Å²) in [6.45, 7) is 1.89. The van der Waals surface area contributed by atoms with Crippen LogP contribution in [0.15, 0.2) is 71.8 Å². The standard InChI is InChI=1S/C22H14ClFN4O/c1-13-20(14-4-2-5-15(23)10-14)21-25-12-18-19(28(21)26-13)8-9-27(22(18)29)17-7-3-6-16(24)11-17/h2-12H,1H3. The average molecular weight is 405 g/mol. The Labute approximate surface area is 169 Å². The molecule has 0 atom stereocenters. The van der Waals surface area contributed by atoms with E-state index in [-0.39, 0.29) is 5.56 Å². The van der Waals surface area contributed by atoms with Crippen LogP contribution in [0, 0.1) is 12.7 Å². The van der Waals surface area contributed by atoms with Crippen molar-refractivity contribution in [3.63, 3.8) is 0 Å². The molecule has 5 aromatic rings. The third-order valence-electron chi connectivity index (χ3n) is 4.89. The molecule has 0 saturated carbocycles. The van der Waals surface area contributed by atoms with Gasteiger partial charge in [0, 0.05) is 23.0 Å². The molecule has 3 heterocycles. The van der Waals surface area contributed by atoms with E-state index in [1.807, 2.05) is 31.2 Å². The molecule has 2 aromatic carbocycles. The Hall–Kier alpha value is -3.51. The summed E-state index contributed by atoms with van der Waals surface area (Å²) < 4.78 is 16.7. The van der Waals surface area contributed by atoms with Gasteiger partial charge in [-0.15, -0.1) is 0 Å². The summed E-state index contributed by atoms with van der Waals surface area (Å²) in [5.41, 5.74) is 3.98. The molecule has 0 aliphatic carbocycles. The van der Waals surface area contributed by atoms with Gasteiger partial charge in [-0.2, -0.15) is 5.10 Å². The van der Waals surface area contributed by atoms with Crippen LogP contribution in [0.5, 0.6) is 0 Å². The van der Waals surface area contributed by atoms with Crippen LogP contribution >= 0.6 is 11.6 Å². The number of nitrogens with zero attached hydrogens (tertiary/aromatic N) is 4. The van der Waals surface area contributed by atoms with Crippen molar-refractivity contribution < 1.29 is 4.39 Å². The summed E-state index contributed by atoms with van der Waals surface area (Å²) in [5.74, 6) is -0.406. The second-order valence-corrected chi connectivity index (χ2v) is 7.17. The smallest absolute Gasteiger partial charge is 0.266 e. The molecule has 0 aliphatic rings. The highest BCUT2D eigenvalue weighted by Crippen LogP contribution is 2.30. The summed E-state index contributed by atoms with van der Waals surface area (Å²) in [7, 11) is 0. The molecule has 29 heavy (non-hydrogen) atoms. The lowest BCUT2D eigenvalue weighted by molar-refractivity contribution is 0.626. The van der Waals surface area contributed by atoms with E-state index in [1.165, 1.54) is 22.9 Å². The van der Waals surface area contributed by atoms with Gasteiger partial charge in [-0.3, -0.25) is 9.36 Å². The Morgan fingerprint density at radius 2 is 1.90 bits per heavy atom. The van der Waals surface area contributed by atoms with Crippen molar-refractivity contribution in [3.05, 3.63) is 93.9 Å². The maximum atomic E-state index is 13.6. The third kappa shape index (κ3) is 2.80. The van der Waals surface area contributed by atoms with Crippen molar-refractivity contribution in [2.45, 2.75) is 6.92 Å². The monoisotopic (exact) mass is 404 g/mol. The van der Waals surface area contributed by atoms with Crippen molar-refractivity contribution in [3.8, 4) is 16.8 Å². The Morgan fingerprint density at radius 3 is 2.69 bits per heavy atom. The van der Waals surface area contributed by atoms with E-state index in [0.29, 0.717) is 27.3 Å². The SMILES string of the molecule is Cc1nn2c(ncc3c(=O)n(-c4cccc(F)c4)ccc32)c1-c1cccc(Cl)c1. The lowest BCUT2D eigenvalue weighted by Gasteiger charge is -2.08. The number of aryl methyl sites for hydroxylation is 1. The van der Waals surface area contributed by atoms with E-state index < -0.39 is 5.82 Å². The highest BCUT2D eigenvalue weighted by Gasteiger charge is 2.17. The maximum absolute atomic E-state index is 13.6. The quantitative estimate of drug-likeness (QED) is 0.424. The molecule has 0 spiro atoms. The van der Waals surface area contributed by atoms with Crippen molar-refractivity contribution in [2.75, 3.05) is 0 Å². The zero-order valence-electron chi connectivity index (χ0n) is 15.3. The molecular weight excluding hydrogens is 391 g/mol. The molecule has 142 valence electrons. The summed E-state index contributed by atoms with van der Waals surface area (Å²) in [6.07, 6.45) is 3.16. The van der Waals surface area contributed by atoms with Crippen molar-refractivity contribution in [1.29, 1.82) is 0 Å². The van der Waals surface area contributed by atoms with E-state index >= 15 is 0 Å². The van der Waals surface area contributed by atoms with Crippen molar-refractivity contribution in [2.24, 2.45) is 0 Å². The molecule has 5 rings (SSSR count). The van der Waals surface area contributed by atoms with Crippen LogP contribution in [-0.2, 0) is 0 Å². The molecule has 0 amide bonds. The van der Waals surface area contributed by atoms with E-state index in [9.17, 15) is 9.18 Å². The molecule has 0 aliphatic heterocycles. The van der Waals surface area contributed by atoms with Crippen LogP contribution < -0.4 is 5.56 Å². The number of halogens is 2. The van der Waals surface area contributed by atoms with Gasteiger partial charge in [-0.05, 0) is 48.9 Å². The first kappa shape index (κ1) is 17.6. The van der Waals surface area contributed by atoms with Gasteiger partial charge < -0.3 is 0 Å². The number of benzene rings is 2. The lowest BCUT2D eigenvalue weighted by Crippen LogP contribution is -2.19. The second kappa shape index (κ2) is 6.53. The summed E-state index contributed by atoms with van der Waals surface area (Å²) in [4.78, 5) is 17.6. The molecule has 0 saturated heterocycles. The normalized spacial score (nSPS) is 11.4. The first-order valence-corrected chi connectivity index (χ1v) is 9.32. The molecule has 0 bridgehead atoms. The minimum atomic E-state index is -0.406. The third-order valence-corrected chi connectivity index (χ3v) is 5.12. The van der Waals surface area contributed by atoms with Crippen LogP contribution in [-0.4, -0.2) is 19.2 Å². The topological polar surface area (TPSA) is 52.2 Å². The van der Waals surface area contributed by atoms with Gasteiger partial charge in [0.25, 0.3) is 5.56 Å². The van der Waals surface area contributed by atoms with Crippen molar-refractivity contribution >= 4 is 28.2 Å². The van der Waals surface area contributed by atoms with Crippen LogP contribution in [0.4, 0.5) is 4.39 Å². The van der Waals surface area contributed by atoms with E-state index in [4.69, 9.17) is 11.6 Å². The summed E-state index contributed by atoms with van der Waals surface area (Å²) >= 11 is 6.15. The first-order valence-electron chi connectivity index (χ1n) is 8.94. The molecule has 0 N–H and O–H groups in total. The fraction of sp³-hybridized carbons (Fsp3) is 0.0455. The Kier molecular flexibility index (Phi) is 3.96. The fourth-order valence-electron chi connectivity index (χ4n) is 3.59. The Bertz CT molecular complexity index is 1470. The van der Waals surface area contributed by atoms with Gasteiger partial charge in [0.05, 0.1) is 22.3 Å². The van der Waals surface area contributed by atoms with Gasteiger partial charge in [-0.25, -0.2) is 13.9 Å². The van der Waals surface area contributed by atoms with E-state index in [2.05, 4.69) is 10.1 Å². The zero-order chi connectivity index (χ0) is 20.1. The van der Waals surface area contributed by atoms with Gasteiger partial charge in [0.15, 0.2) is 5.65 Å². The number of fused-ring (bicyclic) bond motifs is 3. The summed E-state index contributed by atoms with van der Waals surface area (Å²) in [5, 5.41) is 5.63. The molecule has 0 fully saturated rings. The number of hydrogen-bond donors (Lipinski definition) is 0. The molecule has 5 nitrogen and oxygen atoms in total. The number of pyridine rings is 1. The average Bonchev–Trinajstić information content (AvgIpc) is 3.04. The van der Waals surface area contributed by atoms with Crippen molar-refractivity contribution in [1.82, 2.24) is 19.2 Å². The first-order chi connectivity index (χ1) is 14.0. The predicted molar refractivity (Wildman–Crippen MR) is 111 cm³/mol. The molecule has 0 radical (unpaired) electrons. The largest absolute Gasteiger partial charge is 0.284 e. The minimum Gasteiger partial charge on any atom is -0.284 e. The second-order valence-electron chi connectivity index (χ2n) is 6.73. The summed E-state index contributed by atoms with van der Waals surface area (Å²) in [6, 6.07) is 15.2. The van der Waals surface area contributed by atoms with Crippen LogP contribution in [0.2, 0.25) is 5.02 Å². The highest BCUT2D eigenvalue weighted by molar-refractivity contribution is 6.30. The van der Waals surface area contributed by atoms with Gasteiger partial charge >= 0.3 is 0 Å². The molecular formula is C22H14ClFN4O. The predicted octanol–water partition coefficient (Wildman–Crippen LogP) is 4.80. The van der Waals surface area contributed by atoms with Gasteiger partial charge in [-0.1, -0.05) is 29.8 Å². The Morgan fingerprint density at radius 1 is 1.07 bits per heavy atom. The van der Waals surface area contributed by atoms with Crippen LogP contribution in [0.1, 0.15) is 5.69 Å². The van der Waals surface area contributed by atoms with Gasteiger partial charge in [0.1, 0.15) is 5.82 Å². The molecule has 0 unspecified atom stereocenters. The van der Waals surface area contributed by atoms with E-state index in [1.54, 1.807) is 28.9 Å². The number of hydrogen-bond acceptors (Lipinski definition) is 3. The van der Waals surface area contributed by atoms with Gasteiger partial charge in [0.2, 0.25) is 0 Å². The van der Waals surface area contributed by atoms with Crippen LogP contribution in [0.25, 0.3) is 33.4 Å². The number of rotatable bonds is 2.